The lowest BCUT2D eigenvalue weighted by Gasteiger charge is -2.14. The summed E-state index contributed by atoms with van der Waals surface area (Å²) >= 11 is 0. The van der Waals surface area contributed by atoms with E-state index in [0.29, 0.717) is 30.6 Å². The van der Waals surface area contributed by atoms with Crippen LogP contribution in [0.2, 0.25) is 0 Å². The first kappa shape index (κ1) is 23.0. The molecule has 0 unspecified atom stereocenters. The number of benzene rings is 2. The minimum absolute atomic E-state index is 0. The molecule has 0 bridgehead atoms. The van der Waals surface area contributed by atoms with Gasteiger partial charge in [0, 0.05) is 25.4 Å². The average Bonchev–Trinajstić information content (AvgIpc) is 2.67. The molecule has 0 aliphatic carbocycles. The molecule has 0 saturated heterocycles. The van der Waals surface area contributed by atoms with E-state index >= 15 is 0 Å². The number of halogens is 1. The normalized spacial score (nSPS) is 10.7. The SMILES string of the molecule is CCNC(=NCc1ccccc1COC)Nc1ccc(OC)c(OC)c1.I. The lowest BCUT2D eigenvalue weighted by atomic mass is 10.1. The first-order valence-corrected chi connectivity index (χ1v) is 8.54. The summed E-state index contributed by atoms with van der Waals surface area (Å²) in [5.41, 5.74) is 3.15. The molecular weight excluding hydrogens is 457 g/mol. The average molecular weight is 485 g/mol. The van der Waals surface area contributed by atoms with Gasteiger partial charge in [0.05, 0.1) is 27.4 Å². The Balaban J connectivity index is 0.00000364. The molecule has 0 amide bonds. The number of nitrogens with zero attached hydrogens (tertiary/aromatic N) is 1. The van der Waals surface area contributed by atoms with Crippen LogP contribution in [-0.2, 0) is 17.9 Å². The Morgan fingerprint density at radius 2 is 1.67 bits per heavy atom. The van der Waals surface area contributed by atoms with Crippen LogP contribution >= 0.6 is 24.0 Å². The highest BCUT2D eigenvalue weighted by Crippen LogP contribution is 2.29. The summed E-state index contributed by atoms with van der Waals surface area (Å²) in [5.74, 6) is 2.05. The molecule has 0 heterocycles. The van der Waals surface area contributed by atoms with Gasteiger partial charge in [-0.3, -0.25) is 0 Å². The van der Waals surface area contributed by atoms with Crippen molar-refractivity contribution < 1.29 is 14.2 Å². The maximum atomic E-state index is 5.35. The first-order valence-electron chi connectivity index (χ1n) is 8.54. The molecule has 0 aromatic heterocycles. The number of rotatable bonds is 8. The van der Waals surface area contributed by atoms with Crippen molar-refractivity contribution in [2.45, 2.75) is 20.1 Å². The number of hydrogen-bond donors (Lipinski definition) is 2. The molecule has 6 nitrogen and oxygen atoms in total. The Morgan fingerprint density at radius 3 is 2.30 bits per heavy atom. The van der Waals surface area contributed by atoms with Gasteiger partial charge >= 0.3 is 0 Å². The lowest BCUT2D eigenvalue weighted by molar-refractivity contribution is 0.184. The monoisotopic (exact) mass is 485 g/mol. The van der Waals surface area contributed by atoms with E-state index < -0.39 is 0 Å². The largest absolute Gasteiger partial charge is 0.493 e. The van der Waals surface area contributed by atoms with E-state index in [2.05, 4.69) is 27.8 Å². The summed E-state index contributed by atoms with van der Waals surface area (Å²) < 4.78 is 15.9. The van der Waals surface area contributed by atoms with Crippen molar-refractivity contribution >= 4 is 35.6 Å². The maximum Gasteiger partial charge on any atom is 0.196 e. The molecule has 0 saturated carbocycles. The third-order valence-corrected chi connectivity index (χ3v) is 3.82. The summed E-state index contributed by atoms with van der Waals surface area (Å²) in [6.45, 7) is 3.93. The van der Waals surface area contributed by atoms with Gasteiger partial charge in [0.2, 0.25) is 0 Å². The zero-order chi connectivity index (χ0) is 18.8. The Labute approximate surface area is 178 Å². The van der Waals surface area contributed by atoms with Gasteiger partial charge in [-0.25, -0.2) is 4.99 Å². The van der Waals surface area contributed by atoms with Crippen LogP contribution in [0.25, 0.3) is 0 Å². The van der Waals surface area contributed by atoms with E-state index in [1.807, 2.05) is 37.3 Å². The number of hydrogen-bond acceptors (Lipinski definition) is 4. The Morgan fingerprint density at radius 1 is 0.963 bits per heavy atom. The number of nitrogens with one attached hydrogen (secondary N) is 2. The highest BCUT2D eigenvalue weighted by Gasteiger charge is 2.07. The molecule has 0 radical (unpaired) electrons. The van der Waals surface area contributed by atoms with Gasteiger partial charge in [-0.2, -0.15) is 0 Å². The van der Waals surface area contributed by atoms with Crippen molar-refractivity contribution in [1.29, 1.82) is 0 Å². The second kappa shape index (κ2) is 12.4. The fourth-order valence-corrected chi connectivity index (χ4v) is 2.53. The molecule has 148 valence electrons. The van der Waals surface area contributed by atoms with E-state index in [0.717, 1.165) is 23.4 Å². The van der Waals surface area contributed by atoms with Crippen LogP contribution in [0, 0.1) is 0 Å². The molecule has 2 rings (SSSR count). The zero-order valence-electron chi connectivity index (χ0n) is 16.2. The second-order valence-electron chi connectivity index (χ2n) is 5.59. The van der Waals surface area contributed by atoms with Gasteiger partial charge in [0.25, 0.3) is 0 Å². The van der Waals surface area contributed by atoms with Crippen LogP contribution in [0.5, 0.6) is 11.5 Å². The lowest BCUT2D eigenvalue weighted by Crippen LogP contribution is -2.30. The van der Waals surface area contributed by atoms with Crippen LogP contribution in [0.4, 0.5) is 5.69 Å². The smallest absolute Gasteiger partial charge is 0.196 e. The summed E-state index contributed by atoms with van der Waals surface area (Å²) in [4.78, 5) is 4.69. The van der Waals surface area contributed by atoms with Crippen LogP contribution < -0.4 is 20.1 Å². The molecule has 0 spiro atoms. The summed E-state index contributed by atoms with van der Waals surface area (Å²) in [6.07, 6.45) is 0. The van der Waals surface area contributed by atoms with Crippen LogP contribution in [-0.4, -0.2) is 33.8 Å². The standard InChI is InChI=1S/C20H27N3O3.HI/c1-5-21-20(22-13-15-8-6-7-9-16(15)14-24-2)23-17-10-11-18(25-3)19(12-17)26-4;/h6-12H,5,13-14H2,1-4H3,(H2,21,22,23);1H. The van der Waals surface area contributed by atoms with Gasteiger partial charge in [-0.1, -0.05) is 24.3 Å². The number of aliphatic imine (C=N–C) groups is 1. The van der Waals surface area contributed by atoms with E-state index in [-0.39, 0.29) is 24.0 Å². The quantitative estimate of drug-likeness (QED) is 0.336. The number of methoxy groups -OCH3 is 3. The minimum atomic E-state index is 0. The highest BCUT2D eigenvalue weighted by molar-refractivity contribution is 14.0. The molecule has 7 heteroatoms. The Kier molecular flexibility index (Phi) is 10.6. The molecule has 2 N–H and O–H groups in total. The first-order chi connectivity index (χ1) is 12.7. The molecule has 0 atom stereocenters. The topological polar surface area (TPSA) is 64.1 Å². The third kappa shape index (κ3) is 6.91. The predicted octanol–water partition coefficient (Wildman–Crippen LogP) is 4.05. The van der Waals surface area contributed by atoms with Gasteiger partial charge in [-0.05, 0) is 30.2 Å². The molecule has 0 fully saturated rings. The second-order valence-corrected chi connectivity index (χ2v) is 5.59. The molecule has 2 aromatic rings. The molecule has 27 heavy (non-hydrogen) atoms. The number of anilines is 1. The molecule has 2 aromatic carbocycles. The molecular formula is C20H28IN3O3. The van der Waals surface area contributed by atoms with Gasteiger partial charge < -0.3 is 24.8 Å². The van der Waals surface area contributed by atoms with Crippen molar-refractivity contribution in [2.75, 3.05) is 33.2 Å². The Hall–Kier alpha value is -2.00. The minimum Gasteiger partial charge on any atom is -0.493 e. The maximum absolute atomic E-state index is 5.35. The Bertz CT molecular complexity index is 738. The van der Waals surface area contributed by atoms with Crippen LogP contribution in [0.3, 0.4) is 0 Å². The van der Waals surface area contributed by atoms with Gasteiger partial charge in [-0.15, -0.1) is 24.0 Å². The van der Waals surface area contributed by atoms with E-state index in [1.165, 1.54) is 0 Å². The molecule has 0 aliphatic rings. The third-order valence-electron chi connectivity index (χ3n) is 3.82. The zero-order valence-corrected chi connectivity index (χ0v) is 18.6. The van der Waals surface area contributed by atoms with Crippen molar-refractivity contribution in [1.82, 2.24) is 5.32 Å². The van der Waals surface area contributed by atoms with Gasteiger partial charge in [0.1, 0.15) is 0 Å². The summed E-state index contributed by atoms with van der Waals surface area (Å²) in [6, 6.07) is 13.8. The summed E-state index contributed by atoms with van der Waals surface area (Å²) in [7, 11) is 4.93. The predicted molar refractivity (Wildman–Crippen MR) is 121 cm³/mol. The van der Waals surface area contributed by atoms with Crippen molar-refractivity contribution in [3.63, 3.8) is 0 Å². The highest BCUT2D eigenvalue weighted by atomic mass is 127. The van der Waals surface area contributed by atoms with Crippen molar-refractivity contribution in [2.24, 2.45) is 4.99 Å². The van der Waals surface area contributed by atoms with E-state index in [4.69, 9.17) is 14.2 Å². The number of ether oxygens (including phenoxy) is 3. The van der Waals surface area contributed by atoms with E-state index in [9.17, 15) is 0 Å². The van der Waals surface area contributed by atoms with Crippen LogP contribution in [0.15, 0.2) is 47.5 Å². The summed E-state index contributed by atoms with van der Waals surface area (Å²) in [5, 5.41) is 6.55. The number of guanidine groups is 1. The fraction of sp³-hybridized carbons (Fsp3) is 0.350. The van der Waals surface area contributed by atoms with Gasteiger partial charge in [0.15, 0.2) is 17.5 Å². The van der Waals surface area contributed by atoms with E-state index in [1.54, 1.807) is 21.3 Å². The van der Waals surface area contributed by atoms with Crippen LogP contribution in [0.1, 0.15) is 18.1 Å². The fourth-order valence-electron chi connectivity index (χ4n) is 2.53. The molecule has 0 aliphatic heterocycles. The van der Waals surface area contributed by atoms with Crippen molar-refractivity contribution in [3.8, 4) is 11.5 Å². The van der Waals surface area contributed by atoms with Crippen molar-refractivity contribution in [3.05, 3.63) is 53.6 Å².